The molecule has 0 saturated heterocycles. The molecular weight excluding hydrogens is 335 g/mol. The highest BCUT2D eigenvalue weighted by atomic mass is 19.1. The van der Waals surface area contributed by atoms with Crippen LogP contribution in [0.15, 0.2) is 77.9 Å². The molecule has 0 aliphatic heterocycles. The van der Waals surface area contributed by atoms with Crippen LogP contribution in [0.25, 0.3) is 0 Å². The van der Waals surface area contributed by atoms with Gasteiger partial charge in [-0.05, 0) is 42.5 Å². The molecule has 3 N–H and O–H groups in total. The molecule has 0 aliphatic carbocycles. The Morgan fingerprint density at radius 3 is 1.96 bits per heavy atom. The van der Waals surface area contributed by atoms with E-state index in [0.717, 1.165) is 6.07 Å². The highest BCUT2D eigenvalue weighted by Crippen LogP contribution is 2.25. The van der Waals surface area contributed by atoms with Crippen molar-refractivity contribution in [3.8, 4) is 11.5 Å². The minimum atomic E-state index is -0.618. The number of hydrogen-bond acceptors (Lipinski definition) is 4. The number of hydrogen-bond donors (Lipinski definition) is 3. The number of phenolic OH excluding ortho intramolecular Hbond substituents is 2. The first-order chi connectivity index (χ1) is 12.6. The third-order valence-electron chi connectivity index (χ3n) is 3.67. The van der Waals surface area contributed by atoms with Crippen LogP contribution >= 0.6 is 0 Å². The molecule has 0 heterocycles. The van der Waals surface area contributed by atoms with Crippen LogP contribution < -0.4 is 5.43 Å². The van der Waals surface area contributed by atoms with Crippen molar-refractivity contribution < 1.29 is 19.4 Å². The zero-order chi connectivity index (χ0) is 18.5. The number of phenols is 2. The first kappa shape index (κ1) is 17.2. The Hall–Kier alpha value is -3.67. The number of amides is 1. The molecule has 0 radical (unpaired) electrons. The molecule has 0 spiro atoms. The maximum Gasteiger partial charge on any atom is 0.271 e. The van der Waals surface area contributed by atoms with Gasteiger partial charge >= 0.3 is 0 Å². The van der Waals surface area contributed by atoms with Gasteiger partial charge in [-0.1, -0.05) is 30.3 Å². The fourth-order valence-electron chi connectivity index (χ4n) is 2.41. The Morgan fingerprint density at radius 2 is 1.42 bits per heavy atom. The molecular formula is C20H15FN2O3. The summed E-state index contributed by atoms with van der Waals surface area (Å²) in [6.07, 6.45) is 0. The van der Waals surface area contributed by atoms with Crippen molar-refractivity contribution in [2.24, 2.45) is 5.10 Å². The van der Waals surface area contributed by atoms with Gasteiger partial charge in [0.05, 0.1) is 0 Å². The van der Waals surface area contributed by atoms with Crippen molar-refractivity contribution >= 4 is 11.6 Å². The van der Waals surface area contributed by atoms with Crippen LogP contribution in [0.4, 0.5) is 4.39 Å². The molecule has 130 valence electrons. The summed E-state index contributed by atoms with van der Waals surface area (Å²) in [4.78, 5) is 12.2. The standard InChI is InChI=1S/C20H15FN2O3/c21-14-7-5-6-13(12-14)20(26)23-22-19(15-8-1-3-10-17(15)24)16-9-2-4-11-18(16)25/h1-12,24-25H,(H,23,26). The van der Waals surface area contributed by atoms with Gasteiger partial charge in [-0.25, -0.2) is 9.82 Å². The summed E-state index contributed by atoms with van der Waals surface area (Å²) in [7, 11) is 0. The zero-order valence-corrected chi connectivity index (χ0v) is 13.6. The van der Waals surface area contributed by atoms with Crippen molar-refractivity contribution in [2.75, 3.05) is 0 Å². The second-order valence-electron chi connectivity index (χ2n) is 5.45. The molecule has 5 nitrogen and oxygen atoms in total. The monoisotopic (exact) mass is 350 g/mol. The van der Waals surface area contributed by atoms with E-state index in [0.29, 0.717) is 11.1 Å². The first-order valence-corrected chi connectivity index (χ1v) is 7.76. The minimum Gasteiger partial charge on any atom is -0.507 e. The van der Waals surface area contributed by atoms with Crippen LogP contribution in [0, 0.1) is 5.82 Å². The largest absolute Gasteiger partial charge is 0.507 e. The lowest BCUT2D eigenvalue weighted by molar-refractivity contribution is 0.0954. The molecule has 0 atom stereocenters. The van der Waals surface area contributed by atoms with Gasteiger partial charge in [0.2, 0.25) is 0 Å². The van der Waals surface area contributed by atoms with E-state index in [1.807, 2.05) is 0 Å². The molecule has 0 bridgehead atoms. The summed E-state index contributed by atoms with van der Waals surface area (Å²) in [6, 6.07) is 18.0. The molecule has 0 saturated carbocycles. The summed E-state index contributed by atoms with van der Waals surface area (Å²) in [5.74, 6) is -1.28. The van der Waals surface area contributed by atoms with Crippen molar-refractivity contribution in [3.63, 3.8) is 0 Å². The molecule has 3 aromatic carbocycles. The average molecular weight is 350 g/mol. The second kappa shape index (κ2) is 7.48. The van der Waals surface area contributed by atoms with Crippen LogP contribution in [-0.4, -0.2) is 21.8 Å². The topological polar surface area (TPSA) is 81.9 Å². The average Bonchev–Trinajstić information content (AvgIpc) is 2.64. The zero-order valence-electron chi connectivity index (χ0n) is 13.6. The van der Waals surface area contributed by atoms with E-state index in [1.165, 1.54) is 30.3 Å². The molecule has 1 amide bonds. The van der Waals surface area contributed by atoms with Crippen LogP contribution in [0.1, 0.15) is 21.5 Å². The molecule has 0 aliphatic rings. The first-order valence-electron chi connectivity index (χ1n) is 7.76. The Morgan fingerprint density at radius 1 is 0.846 bits per heavy atom. The van der Waals surface area contributed by atoms with Gasteiger partial charge in [0.1, 0.15) is 23.0 Å². The molecule has 3 rings (SSSR count). The quantitative estimate of drug-likeness (QED) is 0.498. The second-order valence-corrected chi connectivity index (χ2v) is 5.45. The maximum absolute atomic E-state index is 13.3. The summed E-state index contributed by atoms with van der Waals surface area (Å²) >= 11 is 0. The fourth-order valence-corrected chi connectivity index (χ4v) is 2.41. The predicted molar refractivity (Wildman–Crippen MR) is 95.7 cm³/mol. The van der Waals surface area contributed by atoms with Crippen LogP contribution in [0.2, 0.25) is 0 Å². The third-order valence-corrected chi connectivity index (χ3v) is 3.67. The van der Waals surface area contributed by atoms with E-state index >= 15 is 0 Å². The van der Waals surface area contributed by atoms with Gasteiger partial charge in [0.25, 0.3) is 5.91 Å². The third kappa shape index (κ3) is 3.70. The van der Waals surface area contributed by atoms with Crippen LogP contribution in [0.5, 0.6) is 11.5 Å². The Labute approximate surface area is 149 Å². The normalized spacial score (nSPS) is 10.2. The highest BCUT2D eigenvalue weighted by molar-refractivity contribution is 6.16. The Balaban J connectivity index is 2.01. The molecule has 6 heteroatoms. The van der Waals surface area contributed by atoms with Crippen LogP contribution in [-0.2, 0) is 0 Å². The number of hydrazone groups is 1. The number of rotatable bonds is 4. The summed E-state index contributed by atoms with van der Waals surface area (Å²) in [5.41, 5.74) is 3.26. The molecule has 26 heavy (non-hydrogen) atoms. The minimum absolute atomic E-state index is 0.0606. The Bertz CT molecular complexity index is 939. The number of halogens is 1. The fraction of sp³-hybridized carbons (Fsp3) is 0. The molecule has 0 fully saturated rings. The van der Waals surface area contributed by atoms with Gasteiger partial charge in [0.15, 0.2) is 0 Å². The molecule has 0 unspecified atom stereocenters. The van der Waals surface area contributed by atoms with Crippen molar-refractivity contribution in [1.29, 1.82) is 0 Å². The van der Waals surface area contributed by atoms with E-state index in [-0.39, 0.29) is 22.8 Å². The Kier molecular flexibility index (Phi) is 4.94. The number of nitrogens with one attached hydrogen (secondary N) is 1. The maximum atomic E-state index is 13.3. The summed E-state index contributed by atoms with van der Waals surface area (Å²) < 4.78 is 13.3. The highest BCUT2D eigenvalue weighted by Gasteiger charge is 2.16. The van der Waals surface area contributed by atoms with Gasteiger partial charge in [0, 0.05) is 16.7 Å². The lowest BCUT2D eigenvalue weighted by Crippen LogP contribution is -2.21. The SMILES string of the molecule is O=C(NN=C(c1ccccc1O)c1ccccc1O)c1cccc(F)c1. The lowest BCUT2D eigenvalue weighted by atomic mass is 10.0. The van der Waals surface area contributed by atoms with Gasteiger partial charge < -0.3 is 10.2 Å². The van der Waals surface area contributed by atoms with Crippen molar-refractivity contribution in [2.45, 2.75) is 0 Å². The number of nitrogens with zero attached hydrogens (tertiary/aromatic N) is 1. The van der Waals surface area contributed by atoms with E-state index in [2.05, 4.69) is 10.5 Å². The van der Waals surface area contributed by atoms with Gasteiger partial charge in [-0.3, -0.25) is 4.79 Å². The van der Waals surface area contributed by atoms with Crippen LogP contribution in [0.3, 0.4) is 0 Å². The van der Waals surface area contributed by atoms with E-state index < -0.39 is 11.7 Å². The predicted octanol–water partition coefficient (Wildman–Crippen LogP) is 3.42. The number of para-hydroxylation sites is 2. The summed E-state index contributed by atoms with van der Waals surface area (Å²) in [5, 5.41) is 24.3. The van der Waals surface area contributed by atoms with Gasteiger partial charge in [-0.2, -0.15) is 5.10 Å². The number of carbonyl (C=O) groups is 1. The molecule has 3 aromatic rings. The van der Waals surface area contributed by atoms with Crippen molar-refractivity contribution in [3.05, 3.63) is 95.3 Å². The van der Waals surface area contributed by atoms with E-state index in [4.69, 9.17) is 0 Å². The van der Waals surface area contributed by atoms with E-state index in [9.17, 15) is 19.4 Å². The summed E-state index contributed by atoms with van der Waals surface area (Å²) in [6.45, 7) is 0. The van der Waals surface area contributed by atoms with Gasteiger partial charge in [-0.15, -0.1) is 0 Å². The van der Waals surface area contributed by atoms with Crippen molar-refractivity contribution in [1.82, 2.24) is 5.43 Å². The molecule has 0 aromatic heterocycles. The number of carbonyl (C=O) groups excluding carboxylic acids is 1. The number of benzene rings is 3. The van der Waals surface area contributed by atoms with E-state index in [1.54, 1.807) is 36.4 Å². The smallest absolute Gasteiger partial charge is 0.271 e. The number of aromatic hydroxyl groups is 2. The lowest BCUT2D eigenvalue weighted by Gasteiger charge is -2.11.